The van der Waals surface area contributed by atoms with Crippen LogP contribution in [0.3, 0.4) is 0 Å². The fourth-order valence-electron chi connectivity index (χ4n) is 3.32. The lowest BCUT2D eigenvalue weighted by molar-refractivity contribution is -0.139. The number of carbonyl (C=O) groups excluding carboxylic acids is 2. The number of amides is 2. The van der Waals surface area contributed by atoms with E-state index in [2.05, 4.69) is 10.2 Å². The zero-order valence-electron chi connectivity index (χ0n) is 19.8. The van der Waals surface area contributed by atoms with Crippen LogP contribution in [0.1, 0.15) is 47.1 Å². The van der Waals surface area contributed by atoms with Gasteiger partial charge in [0.2, 0.25) is 0 Å². The molecule has 0 aliphatic carbocycles. The van der Waals surface area contributed by atoms with E-state index in [9.17, 15) is 19.5 Å². The molecule has 0 radical (unpaired) electrons. The smallest absolute Gasteiger partial charge is 0.410 e. The van der Waals surface area contributed by atoms with Gasteiger partial charge in [0, 0.05) is 38.3 Å². The second-order valence-corrected chi connectivity index (χ2v) is 9.82. The van der Waals surface area contributed by atoms with Gasteiger partial charge in [-0.3, -0.25) is 0 Å². The van der Waals surface area contributed by atoms with Crippen molar-refractivity contribution in [3.63, 3.8) is 0 Å². The normalized spacial score (nSPS) is 15.7. The summed E-state index contributed by atoms with van der Waals surface area (Å²) in [5, 5.41) is 12.1. The molecule has 2 amide bonds. The number of para-hydroxylation sites is 1. The molecule has 1 aromatic carbocycles. The second-order valence-electron chi connectivity index (χ2n) is 9.82. The quantitative estimate of drug-likeness (QED) is 0.710. The second kappa shape index (κ2) is 10.1. The third-order valence-corrected chi connectivity index (χ3v) is 4.68. The largest absolute Gasteiger partial charge is 0.480 e. The fraction of sp³-hybridized carbons (Fsp3) is 0.609. The molecular formula is C23H35N3O6. The predicted molar refractivity (Wildman–Crippen MR) is 121 cm³/mol. The number of hydrogen-bond acceptors (Lipinski definition) is 6. The summed E-state index contributed by atoms with van der Waals surface area (Å²) in [6.07, 6.45) is -0.997. The van der Waals surface area contributed by atoms with E-state index in [1.54, 1.807) is 25.7 Å². The van der Waals surface area contributed by atoms with Gasteiger partial charge in [0.1, 0.15) is 17.2 Å². The number of nitrogens with one attached hydrogen (secondary N) is 1. The van der Waals surface area contributed by atoms with Gasteiger partial charge in [-0.1, -0.05) is 18.2 Å². The number of ether oxygens (including phenoxy) is 2. The Morgan fingerprint density at radius 3 is 2.06 bits per heavy atom. The maximum atomic E-state index is 12.3. The summed E-state index contributed by atoms with van der Waals surface area (Å²) in [7, 11) is 0. The first kappa shape index (κ1) is 25.3. The summed E-state index contributed by atoms with van der Waals surface area (Å²) in [6.45, 7) is 12.8. The highest BCUT2D eigenvalue weighted by atomic mass is 16.6. The lowest BCUT2D eigenvalue weighted by Gasteiger charge is -2.37. The van der Waals surface area contributed by atoms with Crippen LogP contribution in [0, 0.1) is 0 Å². The summed E-state index contributed by atoms with van der Waals surface area (Å²) < 4.78 is 10.6. The molecule has 1 aliphatic heterocycles. The van der Waals surface area contributed by atoms with E-state index in [-0.39, 0.29) is 12.5 Å². The van der Waals surface area contributed by atoms with Crippen molar-refractivity contribution < 1.29 is 29.0 Å². The molecule has 2 N–H and O–H groups in total. The molecule has 1 fully saturated rings. The highest BCUT2D eigenvalue weighted by Crippen LogP contribution is 2.24. The zero-order chi connectivity index (χ0) is 24.1. The molecule has 1 unspecified atom stereocenters. The van der Waals surface area contributed by atoms with Crippen molar-refractivity contribution >= 4 is 23.8 Å². The lowest BCUT2D eigenvalue weighted by atomic mass is 10.0. The minimum absolute atomic E-state index is 0.108. The van der Waals surface area contributed by atoms with Crippen molar-refractivity contribution in [1.29, 1.82) is 0 Å². The topological polar surface area (TPSA) is 108 Å². The van der Waals surface area contributed by atoms with E-state index >= 15 is 0 Å². The number of alkyl carbamates (subject to hydrolysis) is 1. The van der Waals surface area contributed by atoms with Gasteiger partial charge in [0.15, 0.2) is 0 Å². The maximum absolute atomic E-state index is 12.3. The average molecular weight is 450 g/mol. The van der Waals surface area contributed by atoms with Crippen molar-refractivity contribution in [3.05, 3.63) is 29.8 Å². The molecule has 178 valence electrons. The number of carboxylic acids is 1. The lowest BCUT2D eigenvalue weighted by Crippen LogP contribution is -2.50. The number of benzene rings is 1. The molecule has 0 saturated carbocycles. The van der Waals surface area contributed by atoms with Gasteiger partial charge < -0.3 is 29.7 Å². The van der Waals surface area contributed by atoms with Crippen molar-refractivity contribution in [3.8, 4) is 0 Å². The van der Waals surface area contributed by atoms with Gasteiger partial charge in [-0.2, -0.15) is 0 Å². The number of piperazine rings is 1. The molecule has 2 rings (SSSR count). The Morgan fingerprint density at radius 1 is 0.969 bits per heavy atom. The van der Waals surface area contributed by atoms with Gasteiger partial charge in [0.05, 0.1) is 0 Å². The summed E-state index contributed by atoms with van der Waals surface area (Å²) >= 11 is 0. The summed E-state index contributed by atoms with van der Waals surface area (Å²) in [4.78, 5) is 40.0. The van der Waals surface area contributed by atoms with Crippen molar-refractivity contribution in [2.75, 3.05) is 31.1 Å². The van der Waals surface area contributed by atoms with Crippen LogP contribution < -0.4 is 10.2 Å². The molecule has 9 nitrogen and oxygen atoms in total. The molecule has 0 bridgehead atoms. The van der Waals surface area contributed by atoms with Crippen LogP contribution in [-0.2, 0) is 20.7 Å². The molecule has 1 aliphatic rings. The Morgan fingerprint density at radius 2 is 1.53 bits per heavy atom. The number of nitrogens with zero attached hydrogens (tertiary/aromatic N) is 2. The first-order valence-corrected chi connectivity index (χ1v) is 10.8. The molecule has 1 aromatic rings. The number of carboxylic acid groups (broad SMARTS) is 1. The Hall–Kier alpha value is -2.97. The van der Waals surface area contributed by atoms with Crippen molar-refractivity contribution in [2.24, 2.45) is 0 Å². The molecule has 9 heteroatoms. The van der Waals surface area contributed by atoms with E-state index < -0.39 is 29.3 Å². The van der Waals surface area contributed by atoms with E-state index in [1.165, 1.54) is 0 Å². The zero-order valence-corrected chi connectivity index (χ0v) is 19.8. The summed E-state index contributed by atoms with van der Waals surface area (Å²) in [6, 6.07) is 6.36. The first-order valence-electron chi connectivity index (χ1n) is 10.8. The van der Waals surface area contributed by atoms with Crippen LogP contribution in [-0.4, -0.2) is 71.6 Å². The first-order chi connectivity index (χ1) is 14.7. The summed E-state index contributed by atoms with van der Waals surface area (Å²) in [5.74, 6) is -1.14. The highest BCUT2D eigenvalue weighted by Gasteiger charge is 2.28. The third kappa shape index (κ3) is 7.94. The van der Waals surface area contributed by atoms with Crippen LogP contribution in [0.15, 0.2) is 24.3 Å². The van der Waals surface area contributed by atoms with Gasteiger partial charge in [-0.05, 0) is 53.2 Å². The van der Waals surface area contributed by atoms with E-state index in [1.807, 2.05) is 45.0 Å². The Bertz CT molecular complexity index is 820. The van der Waals surface area contributed by atoms with Crippen molar-refractivity contribution in [1.82, 2.24) is 10.2 Å². The van der Waals surface area contributed by atoms with Crippen LogP contribution in [0.2, 0.25) is 0 Å². The monoisotopic (exact) mass is 449 g/mol. The van der Waals surface area contributed by atoms with E-state index in [4.69, 9.17) is 9.47 Å². The van der Waals surface area contributed by atoms with Gasteiger partial charge in [-0.25, -0.2) is 14.4 Å². The fourth-order valence-corrected chi connectivity index (χ4v) is 3.32. The molecule has 1 heterocycles. The number of anilines is 1. The maximum Gasteiger partial charge on any atom is 0.410 e. The van der Waals surface area contributed by atoms with Gasteiger partial charge >= 0.3 is 18.2 Å². The van der Waals surface area contributed by atoms with Crippen LogP contribution in [0.25, 0.3) is 0 Å². The van der Waals surface area contributed by atoms with E-state index in [0.29, 0.717) is 26.2 Å². The number of hydrogen-bond donors (Lipinski definition) is 2. The SMILES string of the molecule is CC(C)(C)OC(=O)NC(Cc1ccccc1N1CCN(C(=O)OC(C)(C)C)CC1)C(=O)O. The van der Waals surface area contributed by atoms with Gasteiger partial charge in [0.25, 0.3) is 0 Å². The standard InChI is InChI=1S/C23H35N3O6/c1-22(2,3)31-20(29)24-17(19(27)28)15-16-9-7-8-10-18(16)25-11-13-26(14-12-25)21(30)32-23(4,5)6/h7-10,17H,11-15H2,1-6H3,(H,24,29)(H,27,28). The molecule has 32 heavy (non-hydrogen) atoms. The highest BCUT2D eigenvalue weighted by molar-refractivity contribution is 5.80. The summed E-state index contributed by atoms with van der Waals surface area (Å²) in [5.41, 5.74) is 0.405. The molecule has 1 saturated heterocycles. The Balaban J connectivity index is 2.06. The predicted octanol–water partition coefficient (Wildman–Crippen LogP) is 3.26. The molecule has 0 spiro atoms. The molecule has 0 aromatic heterocycles. The Labute approximate surface area is 189 Å². The van der Waals surface area contributed by atoms with Crippen LogP contribution in [0.4, 0.5) is 15.3 Å². The minimum atomic E-state index is -1.14. The van der Waals surface area contributed by atoms with Gasteiger partial charge in [-0.15, -0.1) is 0 Å². The number of rotatable bonds is 5. The molecular weight excluding hydrogens is 414 g/mol. The molecule has 1 atom stereocenters. The van der Waals surface area contributed by atoms with Crippen molar-refractivity contribution in [2.45, 2.75) is 65.2 Å². The number of aliphatic carboxylic acids is 1. The van der Waals surface area contributed by atoms with Crippen LogP contribution >= 0.6 is 0 Å². The average Bonchev–Trinajstić information content (AvgIpc) is 2.65. The van der Waals surface area contributed by atoms with Crippen LogP contribution in [0.5, 0.6) is 0 Å². The number of carbonyl (C=O) groups is 3. The minimum Gasteiger partial charge on any atom is -0.480 e. The Kier molecular flexibility index (Phi) is 7.98. The van der Waals surface area contributed by atoms with E-state index in [0.717, 1.165) is 11.3 Å². The third-order valence-electron chi connectivity index (χ3n) is 4.68.